The molecule has 0 spiro atoms. The lowest BCUT2D eigenvalue weighted by Gasteiger charge is -2.29. The van der Waals surface area contributed by atoms with E-state index in [-0.39, 0.29) is 11.6 Å². The normalized spacial score (nSPS) is 16.0. The third kappa shape index (κ3) is 3.61. The van der Waals surface area contributed by atoms with E-state index in [0.29, 0.717) is 18.4 Å². The van der Waals surface area contributed by atoms with Gasteiger partial charge in [-0.05, 0) is 74.8 Å². The topological polar surface area (TPSA) is 70.1 Å². The van der Waals surface area contributed by atoms with Crippen LogP contribution in [-0.4, -0.2) is 47.2 Å². The van der Waals surface area contributed by atoms with Crippen LogP contribution < -0.4 is 10.5 Å². The van der Waals surface area contributed by atoms with Crippen molar-refractivity contribution in [1.29, 1.82) is 0 Å². The fourth-order valence-electron chi connectivity index (χ4n) is 5.08. The molecule has 3 heterocycles. The van der Waals surface area contributed by atoms with Gasteiger partial charge in [0.25, 0.3) is 0 Å². The molecule has 1 saturated heterocycles. The van der Waals surface area contributed by atoms with Gasteiger partial charge < -0.3 is 25.3 Å². The largest absolute Gasteiger partial charge is 0.489 e. The van der Waals surface area contributed by atoms with Gasteiger partial charge in [0, 0.05) is 45.2 Å². The minimum absolute atomic E-state index is 0.294. The van der Waals surface area contributed by atoms with Gasteiger partial charge in [0.05, 0.1) is 17.6 Å². The van der Waals surface area contributed by atoms with Crippen molar-refractivity contribution in [2.24, 2.45) is 5.73 Å². The number of aromatic nitrogens is 2. The minimum Gasteiger partial charge on any atom is -0.489 e. The lowest BCUT2D eigenvalue weighted by atomic mass is 10.1. The van der Waals surface area contributed by atoms with E-state index in [1.165, 1.54) is 24.3 Å². The van der Waals surface area contributed by atoms with Gasteiger partial charge in [-0.15, -0.1) is 0 Å². The second-order valence-corrected chi connectivity index (χ2v) is 9.06. The van der Waals surface area contributed by atoms with Crippen molar-refractivity contribution >= 4 is 43.6 Å². The molecule has 1 aliphatic rings. The number of benzene rings is 3. The molecule has 1 aliphatic heterocycles. The summed E-state index contributed by atoms with van der Waals surface area (Å²) in [6.45, 7) is 3.57. The summed E-state index contributed by atoms with van der Waals surface area (Å²) >= 11 is 0. The summed E-state index contributed by atoms with van der Waals surface area (Å²) in [6.07, 6.45) is 2.97. The monoisotopic (exact) mass is 448 g/mol. The van der Waals surface area contributed by atoms with Crippen molar-refractivity contribution in [3.8, 4) is 5.75 Å². The molecule has 4 N–H and O–H groups in total. The number of aromatic amines is 2. The molecule has 6 rings (SSSR count). The van der Waals surface area contributed by atoms with Crippen molar-refractivity contribution in [2.45, 2.75) is 25.3 Å². The third-order valence-electron chi connectivity index (χ3n) is 6.84. The zero-order valence-electron chi connectivity index (χ0n) is 18.3. The van der Waals surface area contributed by atoms with Crippen molar-refractivity contribution in [1.82, 2.24) is 14.9 Å². The number of nitrogens with two attached hydrogens (primary N) is 1. The Hall–Kier alpha value is -3.16. The SMILES string of the molecule is NC1CCN(CCCOc2c3[nH]c4ccc(F)cc4c3cc3c2[nH]c2ccc(F)cc23)CC1. The van der Waals surface area contributed by atoms with E-state index in [1.54, 1.807) is 12.1 Å². The van der Waals surface area contributed by atoms with E-state index in [2.05, 4.69) is 14.9 Å². The van der Waals surface area contributed by atoms with Gasteiger partial charge in [-0.3, -0.25) is 0 Å². The van der Waals surface area contributed by atoms with Crippen molar-refractivity contribution < 1.29 is 13.5 Å². The number of piperidine rings is 1. The average Bonchev–Trinajstić information content (AvgIpc) is 3.35. The molecule has 0 radical (unpaired) electrons. The van der Waals surface area contributed by atoms with E-state index in [1.807, 2.05) is 6.07 Å². The van der Waals surface area contributed by atoms with Crippen LogP contribution in [0.2, 0.25) is 0 Å². The first kappa shape index (κ1) is 20.4. The maximum atomic E-state index is 14.0. The van der Waals surface area contributed by atoms with Crippen LogP contribution in [-0.2, 0) is 0 Å². The van der Waals surface area contributed by atoms with Crippen LogP contribution in [0.3, 0.4) is 0 Å². The van der Waals surface area contributed by atoms with Crippen LogP contribution in [0, 0.1) is 11.6 Å². The summed E-state index contributed by atoms with van der Waals surface area (Å²) in [5, 5.41) is 3.30. The maximum absolute atomic E-state index is 14.0. The number of nitrogens with one attached hydrogen (secondary N) is 2. The van der Waals surface area contributed by atoms with Gasteiger partial charge in [-0.1, -0.05) is 0 Å². The Bertz CT molecular complexity index is 1390. The van der Waals surface area contributed by atoms with Crippen molar-refractivity contribution in [3.63, 3.8) is 0 Å². The van der Waals surface area contributed by atoms with Crippen LogP contribution >= 0.6 is 0 Å². The zero-order chi connectivity index (χ0) is 22.5. The van der Waals surface area contributed by atoms with E-state index < -0.39 is 0 Å². The minimum atomic E-state index is -0.294. The molecule has 3 aromatic carbocycles. The van der Waals surface area contributed by atoms with E-state index in [0.717, 1.165) is 82.5 Å². The van der Waals surface area contributed by atoms with Crippen molar-refractivity contribution in [2.75, 3.05) is 26.2 Å². The Morgan fingerprint density at radius 1 is 0.848 bits per heavy atom. The molecule has 5 nitrogen and oxygen atoms in total. The van der Waals surface area contributed by atoms with Gasteiger partial charge in [0.15, 0.2) is 5.75 Å². The van der Waals surface area contributed by atoms with Crippen LogP contribution in [0.25, 0.3) is 43.6 Å². The van der Waals surface area contributed by atoms with Crippen LogP contribution in [0.4, 0.5) is 8.78 Å². The van der Waals surface area contributed by atoms with E-state index >= 15 is 0 Å². The highest BCUT2D eigenvalue weighted by atomic mass is 19.1. The molecular formula is C26H26F2N4O. The second kappa shape index (κ2) is 8.01. The summed E-state index contributed by atoms with van der Waals surface area (Å²) in [5.74, 6) is 0.103. The van der Waals surface area contributed by atoms with Crippen LogP contribution in [0.1, 0.15) is 19.3 Å². The van der Waals surface area contributed by atoms with Gasteiger partial charge in [0.2, 0.25) is 0 Å². The smallest absolute Gasteiger partial charge is 0.167 e. The second-order valence-electron chi connectivity index (χ2n) is 9.06. The molecule has 0 amide bonds. The molecule has 0 bridgehead atoms. The lowest BCUT2D eigenvalue weighted by molar-refractivity contribution is 0.194. The standard InChI is InChI=1S/C26H26F2N4O/c27-15-2-4-22-18(12-15)20-14-21-19-13-16(28)3-5-23(19)31-25(21)26(24(20)30-22)33-11-1-8-32-9-6-17(29)7-10-32/h2-5,12-14,17,30-31H,1,6-11,29H2. The zero-order valence-corrected chi connectivity index (χ0v) is 18.3. The Balaban J connectivity index is 1.41. The van der Waals surface area contributed by atoms with Crippen LogP contribution in [0.15, 0.2) is 42.5 Å². The third-order valence-corrected chi connectivity index (χ3v) is 6.84. The molecule has 170 valence electrons. The number of fused-ring (bicyclic) bond motifs is 6. The van der Waals surface area contributed by atoms with E-state index in [4.69, 9.17) is 10.5 Å². The number of halogens is 2. The number of rotatable bonds is 5. The predicted octanol–water partition coefficient (Wildman–Crippen LogP) is 5.43. The Morgan fingerprint density at radius 3 is 2.00 bits per heavy atom. The molecule has 7 heteroatoms. The van der Waals surface area contributed by atoms with Crippen molar-refractivity contribution in [3.05, 3.63) is 54.1 Å². The molecular weight excluding hydrogens is 422 g/mol. The number of hydrogen-bond donors (Lipinski definition) is 3. The highest BCUT2D eigenvalue weighted by Crippen LogP contribution is 2.41. The lowest BCUT2D eigenvalue weighted by Crippen LogP contribution is -2.40. The number of likely N-dealkylation sites (tertiary alicyclic amines) is 1. The number of hydrogen-bond acceptors (Lipinski definition) is 3. The molecule has 2 aromatic heterocycles. The van der Waals surface area contributed by atoms with Crippen LogP contribution in [0.5, 0.6) is 5.75 Å². The molecule has 1 fully saturated rings. The molecule has 33 heavy (non-hydrogen) atoms. The Morgan fingerprint density at radius 2 is 1.42 bits per heavy atom. The Labute approximate surface area is 189 Å². The van der Waals surface area contributed by atoms with E-state index in [9.17, 15) is 8.78 Å². The summed E-state index contributed by atoms with van der Waals surface area (Å²) in [7, 11) is 0. The number of nitrogens with zero attached hydrogens (tertiary/aromatic N) is 1. The fraction of sp³-hybridized carbons (Fsp3) is 0.308. The first-order valence-electron chi connectivity index (χ1n) is 11.5. The highest BCUT2D eigenvalue weighted by molar-refractivity contribution is 6.20. The molecule has 5 aromatic rings. The molecule has 0 atom stereocenters. The van der Waals surface area contributed by atoms with Gasteiger partial charge in [0.1, 0.15) is 11.6 Å². The fourth-order valence-corrected chi connectivity index (χ4v) is 5.08. The summed E-state index contributed by atoms with van der Waals surface area (Å²) in [6, 6.07) is 11.7. The summed E-state index contributed by atoms with van der Waals surface area (Å²) in [4.78, 5) is 9.24. The predicted molar refractivity (Wildman–Crippen MR) is 129 cm³/mol. The van der Waals surface area contributed by atoms with Gasteiger partial charge in [-0.2, -0.15) is 0 Å². The molecule has 0 saturated carbocycles. The molecule has 0 aliphatic carbocycles. The van der Waals surface area contributed by atoms with Gasteiger partial charge >= 0.3 is 0 Å². The summed E-state index contributed by atoms with van der Waals surface area (Å²) < 4.78 is 34.4. The maximum Gasteiger partial charge on any atom is 0.167 e. The number of H-pyrrole nitrogens is 2. The van der Waals surface area contributed by atoms with Gasteiger partial charge in [-0.25, -0.2) is 8.78 Å². The Kier molecular flexibility index (Phi) is 4.96. The summed E-state index contributed by atoms with van der Waals surface area (Å²) in [5.41, 5.74) is 9.32. The average molecular weight is 449 g/mol. The number of ether oxygens (including phenoxy) is 1. The first-order valence-corrected chi connectivity index (χ1v) is 11.5. The first-order chi connectivity index (χ1) is 16.1. The highest BCUT2D eigenvalue weighted by Gasteiger charge is 2.19. The molecule has 0 unspecified atom stereocenters. The quantitative estimate of drug-likeness (QED) is 0.314.